The van der Waals surface area contributed by atoms with E-state index in [4.69, 9.17) is 15.5 Å². The predicted molar refractivity (Wildman–Crippen MR) is 235 cm³/mol. The predicted octanol–water partition coefficient (Wildman–Crippen LogP) is 13.8. The zero-order valence-electron chi connectivity index (χ0n) is 37.1. The standard InChI is InChI=1S/C52H49N3O/c1-32(2)36-18-20-37(21-19-36)39-23-24-53-46(31-39)41-28-40(29-42(30-41)52(6,7)8)43-15-12-16-48-49(43)54-51(45-27-34(4)25-35(5)50(45)56)55(48)47-22-17-33(3)26-44(47)38-13-10-9-11-14-38/h9-32,56H,1-8H3/i3D3,32D. The zero-order chi connectivity index (χ0) is 42.7. The third-order valence-electron chi connectivity index (χ3n) is 10.7. The molecule has 278 valence electrons. The van der Waals surface area contributed by atoms with E-state index in [2.05, 4.69) is 67.8 Å². The summed E-state index contributed by atoms with van der Waals surface area (Å²) in [5.41, 5.74) is 14.1. The number of phenolic OH excluding ortho intramolecular Hbond substituents is 1. The Morgan fingerprint density at radius 1 is 0.661 bits per heavy atom. The normalized spacial score (nSPS) is 13.3. The Bertz CT molecular complexity index is 2900. The second-order valence-electron chi connectivity index (χ2n) is 16.1. The van der Waals surface area contributed by atoms with E-state index >= 15 is 0 Å². The number of aromatic hydroxyl groups is 1. The molecule has 0 fully saturated rings. The van der Waals surface area contributed by atoms with Crippen molar-refractivity contribution in [3.8, 4) is 67.5 Å². The van der Waals surface area contributed by atoms with Gasteiger partial charge in [-0.25, -0.2) is 4.98 Å². The molecule has 6 aromatic carbocycles. The summed E-state index contributed by atoms with van der Waals surface area (Å²) < 4.78 is 35.4. The van der Waals surface area contributed by atoms with Crippen molar-refractivity contribution in [2.24, 2.45) is 0 Å². The molecule has 0 aliphatic heterocycles. The van der Waals surface area contributed by atoms with Gasteiger partial charge in [0.15, 0.2) is 0 Å². The van der Waals surface area contributed by atoms with Crippen LogP contribution in [0.5, 0.6) is 5.75 Å². The Morgan fingerprint density at radius 2 is 1.41 bits per heavy atom. The molecule has 4 nitrogen and oxygen atoms in total. The van der Waals surface area contributed by atoms with Gasteiger partial charge in [-0.15, -0.1) is 0 Å². The van der Waals surface area contributed by atoms with Crippen LogP contribution in [-0.2, 0) is 5.41 Å². The van der Waals surface area contributed by atoms with E-state index in [1.54, 1.807) is 12.1 Å². The van der Waals surface area contributed by atoms with Crippen molar-refractivity contribution in [2.45, 2.75) is 66.6 Å². The zero-order valence-corrected chi connectivity index (χ0v) is 33.1. The minimum Gasteiger partial charge on any atom is -0.507 e. The number of rotatable bonds is 7. The molecule has 0 amide bonds. The van der Waals surface area contributed by atoms with Crippen LogP contribution in [0.4, 0.5) is 0 Å². The van der Waals surface area contributed by atoms with Gasteiger partial charge in [0.25, 0.3) is 0 Å². The minimum absolute atomic E-state index is 0.139. The molecule has 8 rings (SSSR count). The molecule has 0 saturated heterocycles. The van der Waals surface area contributed by atoms with Crippen LogP contribution in [0.15, 0.2) is 140 Å². The number of benzene rings is 6. The third-order valence-corrected chi connectivity index (χ3v) is 10.7. The number of pyridine rings is 1. The van der Waals surface area contributed by atoms with Gasteiger partial charge in [0.1, 0.15) is 11.6 Å². The van der Waals surface area contributed by atoms with Crippen LogP contribution in [-0.4, -0.2) is 19.6 Å². The van der Waals surface area contributed by atoms with Crippen LogP contribution >= 0.6 is 0 Å². The molecule has 1 N–H and O–H groups in total. The number of aryl methyl sites for hydroxylation is 3. The fourth-order valence-corrected chi connectivity index (χ4v) is 7.60. The van der Waals surface area contributed by atoms with Gasteiger partial charge in [0.2, 0.25) is 0 Å². The quantitative estimate of drug-likeness (QED) is 0.177. The van der Waals surface area contributed by atoms with Crippen molar-refractivity contribution in [1.82, 2.24) is 14.5 Å². The summed E-state index contributed by atoms with van der Waals surface area (Å²) in [6.45, 7) is 12.0. The second kappa shape index (κ2) is 14.4. The number of fused-ring (bicyclic) bond motifs is 1. The average Bonchev–Trinajstić information content (AvgIpc) is 3.60. The van der Waals surface area contributed by atoms with Gasteiger partial charge in [-0.1, -0.05) is 125 Å². The summed E-state index contributed by atoms with van der Waals surface area (Å²) in [6.07, 6.45) is 1.85. The van der Waals surface area contributed by atoms with Gasteiger partial charge in [-0.05, 0) is 125 Å². The molecule has 0 aliphatic rings. The van der Waals surface area contributed by atoms with Crippen molar-refractivity contribution in [2.75, 3.05) is 0 Å². The SMILES string of the molecule is [2H]C([2H])([2H])c1ccc(-n2c(-c3cc(C)cc(C)c3O)nc3c(-c4cc(-c5cc(-c6ccc(C([2H])(C)C)cc6)ccn5)cc(C(C)(C)C)c4)cccc32)c(-c2ccccc2)c1. The van der Waals surface area contributed by atoms with Crippen LogP contribution in [0.2, 0.25) is 0 Å². The minimum atomic E-state index is -2.31. The van der Waals surface area contributed by atoms with E-state index in [1.807, 2.05) is 113 Å². The van der Waals surface area contributed by atoms with Crippen molar-refractivity contribution < 1.29 is 10.6 Å². The molecule has 2 heterocycles. The van der Waals surface area contributed by atoms with E-state index in [-0.39, 0.29) is 16.7 Å². The summed E-state index contributed by atoms with van der Waals surface area (Å²) in [7, 11) is 0. The second-order valence-corrected chi connectivity index (χ2v) is 16.1. The summed E-state index contributed by atoms with van der Waals surface area (Å²) in [5.74, 6) is 0.000956. The number of hydrogen-bond acceptors (Lipinski definition) is 3. The van der Waals surface area contributed by atoms with Gasteiger partial charge in [0.05, 0.1) is 28.0 Å². The maximum absolute atomic E-state index is 11.7. The molecule has 0 radical (unpaired) electrons. The van der Waals surface area contributed by atoms with Crippen LogP contribution in [0.25, 0.3) is 72.7 Å². The number of aromatic nitrogens is 3. The highest BCUT2D eigenvalue weighted by Gasteiger charge is 2.24. The van der Waals surface area contributed by atoms with E-state index in [9.17, 15) is 5.11 Å². The lowest BCUT2D eigenvalue weighted by atomic mass is 9.83. The maximum atomic E-state index is 11.7. The van der Waals surface area contributed by atoms with Crippen LogP contribution in [0.3, 0.4) is 0 Å². The molecule has 4 heteroatoms. The monoisotopic (exact) mass is 735 g/mol. The van der Waals surface area contributed by atoms with Gasteiger partial charge >= 0.3 is 0 Å². The first-order valence-corrected chi connectivity index (χ1v) is 19.1. The van der Waals surface area contributed by atoms with Crippen molar-refractivity contribution >= 4 is 11.0 Å². The van der Waals surface area contributed by atoms with Crippen molar-refractivity contribution in [3.63, 3.8) is 0 Å². The maximum Gasteiger partial charge on any atom is 0.149 e. The van der Waals surface area contributed by atoms with Crippen LogP contribution in [0, 0.1) is 20.7 Å². The molecule has 0 spiro atoms. The number of imidazole rings is 1. The average molecular weight is 736 g/mol. The summed E-state index contributed by atoms with van der Waals surface area (Å²) in [6, 6.07) is 44.1. The molecule has 0 atom stereocenters. The van der Waals surface area contributed by atoms with Gasteiger partial charge in [-0.3, -0.25) is 9.55 Å². The molecule has 2 aromatic heterocycles. The molecule has 0 saturated carbocycles. The lowest BCUT2D eigenvalue weighted by Crippen LogP contribution is -2.11. The fraction of sp³-hybridized carbons (Fsp3) is 0.192. The first-order chi connectivity index (χ1) is 28.4. The summed E-state index contributed by atoms with van der Waals surface area (Å²) in [5, 5.41) is 11.7. The van der Waals surface area contributed by atoms with E-state index in [1.165, 1.54) is 0 Å². The summed E-state index contributed by atoms with van der Waals surface area (Å²) in [4.78, 5) is 10.3. The van der Waals surface area contributed by atoms with Gasteiger partial charge < -0.3 is 5.11 Å². The molecular weight excluding hydrogens is 683 g/mol. The highest BCUT2D eigenvalue weighted by atomic mass is 16.3. The Morgan fingerprint density at radius 3 is 2.14 bits per heavy atom. The lowest BCUT2D eigenvalue weighted by Gasteiger charge is -2.22. The van der Waals surface area contributed by atoms with Gasteiger partial charge in [-0.2, -0.15) is 0 Å². The largest absolute Gasteiger partial charge is 0.507 e. The molecule has 8 aromatic rings. The number of phenols is 1. The number of nitrogens with zero attached hydrogens (tertiary/aromatic N) is 3. The Balaban J connectivity index is 1.38. The van der Waals surface area contributed by atoms with Crippen LogP contribution < -0.4 is 0 Å². The Labute approximate surface area is 336 Å². The first-order valence-electron chi connectivity index (χ1n) is 21.1. The Kier molecular flexibility index (Phi) is 8.25. The fourth-order valence-electron chi connectivity index (χ4n) is 7.60. The van der Waals surface area contributed by atoms with Crippen LogP contribution in [0.1, 0.15) is 73.8 Å². The lowest BCUT2D eigenvalue weighted by molar-refractivity contribution is 0.472. The molecule has 0 aliphatic carbocycles. The van der Waals surface area contributed by atoms with E-state index in [0.717, 1.165) is 83.6 Å². The van der Waals surface area contributed by atoms with Crippen molar-refractivity contribution in [3.05, 3.63) is 167 Å². The Hall–Kier alpha value is -6.26. The molecule has 0 unspecified atom stereocenters. The van der Waals surface area contributed by atoms with Crippen molar-refractivity contribution in [1.29, 1.82) is 0 Å². The highest BCUT2D eigenvalue weighted by Crippen LogP contribution is 2.42. The molecular formula is C52H49N3O. The number of hydrogen-bond donors (Lipinski definition) is 1. The number of para-hydroxylation sites is 1. The molecule has 56 heavy (non-hydrogen) atoms. The third kappa shape index (κ3) is 6.92. The van der Waals surface area contributed by atoms with E-state index in [0.29, 0.717) is 11.4 Å². The summed E-state index contributed by atoms with van der Waals surface area (Å²) >= 11 is 0. The van der Waals surface area contributed by atoms with Gasteiger partial charge in [0, 0.05) is 28.4 Å². The molecule has 0 bridgehead atoms. The highest BCUT2D eigenvalue weighted by molar-refractivity contribution is 5.98. The smallest absolute Gasteiger partial charge is 0.149 e. The topological polar surface area (TPSA) is 50.9 Å². The first kappa shape index (κ1) is 32.0. The van der Waals surface area contributed by atoms with E-state index < -0.39 is 12.7 Å².